The molecule has 0 bridgehead atoms. The fourth-order valence-electron chi connectivity index (χ4n) is 2.48. The van der Waals surface area contributed by atoms with Crippen molar-refractivity contribution in [3.8, 4) is 0 Å². The van der Waals surface area contributed by atoms with Crippen molar-refractivity contribution in [3.05, 3.63) is 64.2 Å². The molecule has 1 aromatic heterocycles. The lowest BCUT2D eigenvalue weighted by atomic mass is 9.98. The van der Waals surface area contributed by atoms with Gasteiger partial charge in [0, 0.05) is 11.2 Å². The van der Waals surface area contributed by atoms with Crippen molar-refractivity contribution >= 4 is 11.6 Å². The Bertz CT molecular complexity index is 601. The number of nitrogens with zero attached hydrogens (tertiary/aromatic N) is 1. The number of aromatic nitrogens is 1. The van der Waals surface area contributed by atoms with Gasteiger partial charge in [-0.25, -0.2) is 4.39 Å². The van der Waals surface area contributed by atoms with Crippen LogP contribution in [0.15, 0.2) is 36.5 Å². The topological polar surface area (TPSA) is 24.9 Å². The highest BCUT2D eigenvalue weighted by Gasteiger charge is 2.17. The van der Waals surface area contributed by atoms with E-state index < -0.39 is 0 Å². The SMILES string of the molecule is CCNC(Cc1ccc(Cl)cc1F)c1ncccc1CC. The van der Waals surface area contributed by atoms with Gasteiger partial charge < -0.3 is 5.32 Å². The van der Waals surface area contributed by atoms with Gasteiger partial charge in [-0.3, -0.25) is 4.98 Å². The molecular weight excluding hydrogens is 287 g/mol. The molecule has 2 nitrogen and oxygen atoms in total. The maximum atomic E-state index is 14.0. The van der Waals surface area contributed by atoms with E-state index in [9.17, 15) is 4.39 Å². The zero-order valence-electron chi connectivity index (χ0n) is 12.4. The van der Waals surface area contributed by atoms with Crippen LogP contribution in [0.2, 0.25) is 5.02 Å². The molecule has 1 unspecified atom stereocenters. The summed E-state index contributed by atoms with van der Waals surface area (Å²) in [5.41, 5.74) is 2.84. The summed E-state index contributed by atoms with van der Waals surface area (Å²) in [4.78, 5) is 4.50. The maximum absolute atomic E-state index is 14.0. The van der Waals surface area contributed by atoms with Gasteiger partial charge in [-0.15, -0.1) is 0 Å². The van der Waals surface area contributed by atoms with Crippen molar-refractivity contribution in [1.29, 1.82) is 0 Å². The summed E-state index contributed by atoms with van der Waals surface area (Å²) in [6, 6.07) is 8.85. The summed E-state index contributed by atoms with van der Waals surface area (Å²) in [5.74, 6) is -0.264. The lowest BCUT2D eigenvalue weighted by Crippen LogP contribution is -2.25. The molecule has 1 atom stereocenters. The van der Waals surface area contributed by atoms with Crippen LogP contribution in [0.25, 0.3) is 0 Å². The zero-order valence-corrected chi connectivity index (χ0v) is 13.1. The van der Waals surface area contributed by atoms with E-state index in [2.05, 4.69) is 23.3 Å². The Morgan fingerprint density at radius 1 is 1.24 bits per heavy atom. The molecule has 1 heterocycles. The Hall–Kier alpha value is -1.45. The highest BCUT2D eigenvalue weighted by Crippen LogP contribution is 2.23. The molecule has 0 fully saturated rings. The number of aryl methyl sites for hydroxylation is 1. The minimum absolute atomic E-state index is 0.00169. The van der Waals surface area contributed by atoms with Crippen molar-refractivity contribution in [2.75, 3.05) is 6.54 Å². The fourth-order valence-corrected chi connectivity index (χ4v) is 2.64. The number of rotatable bonds is 6. The number of hydrogen-bond donors (Lipinski definition) is 1. The lowest BCUT2D eigenvalue weighted by molar-refractivity contribution is 0.514. The quantitative estimate of drug-likeness (QED) is 0.859. The molecule has 2 aromatic rings. The highest BCUT2D eigenvalue weighted by atomic mass is 35.5. The maximum Gasteiger partial charge on any atom is 0.127 e. The first-order chi connectivity index (χ1) is 10.2. The Morgan fingerprint density at radius 3 is 2.71 bits per heavy atom. The van der Waals surface area contributed by atoms with Crippen molar-refractivity contribution in [3.63, 3.8) is 0 Å². The molecule has 2 rings (SSSR count). The Kier molecular flexibility index (Phi) is 5.71. The molecule has 0 radical (unpaired) electrons. The van der Waals surface area contributed by atoms with Gasteiger partial charge in [0.05, 0.1) is 11.7 Å². The number of benzene rings is 1. The first kappa shape index (κ1) is 15.9. The Labute approximate surface area is 130 Å². The number of halogens is 2. The third kappa shape index (κ3) is 4.02. The molecule has 0 amide bonds. The first-order valence-electron chi connectivity index (χ1n) is 7.26. The van der Waals surface area contributed by atoms with E-state index in [1.807, 2.05) is 13.0 Å². The van der Waals surface area contributed by atoms with Crippen LogP contribution < -0.4 is 5.32 Å². The van der Waals surface area contributed by atoms with E-state index in [0.717, 1.165) is 18.7 Å². The van der Waals surface area contributed by atoms with E-state index in [1.165, 1.54) is 11.6 Å². The van der Waals surface area contributed by atoms with E-state index >= 15 is 0 Å². The van der Waals surface area contributed by atoms with Crippen LogP contribution in [0.1, 0.15) is 36.7 Å². The van der Waals surface area contributed by atoms with Crippen LogP contribution in [0.3, 0.4) is 0 Å². The van der Waals surface area contributed by atoms with Gasteiger partial charge in [-0.2, -0.15) is 0 Å². The minimum atomic E-state index is -0.264. The summed E-state index contributed by atoms with van der Waals surface area (Å²) < 4.78 is 14.0. The smallest absolute Gasteiger partial charge is 0.127 e. The van der Waals surface area contributed by atoms with E-state index in [1.54, 1.807) is 18.3 Å². The van der Waals surface area contributed by atoms with Crippen molar-refractivity contribution < 1.29 is 4.39 Å². The summed E-state index contributed by atoms with van der Waals surface area (Å²) in [7, 11) is 0. The predicted octanol–water partition coefficient (Wildman–Crippen LogP) is 4.33. The minimum Gasteiger partial charge on any atom is -0.309 e. The molecule has 112 valence electrons. The Balaban J connectivity index is 2.30. The molecule has 0 aliphatic carbocycles. The largest absolute Gasteiger partial charge is 0.309 e. The molecule has 21 heavy (non-hydrogen) atoms. The van der Waals surface area contributed by atoms with Gasteiger partial charge in [0.2, 0.25) is 0 Å². The third-order valence-electron chi connectivity index (χ3n) is 3.53. The monoisotopic (exact) mass is 306 g/mol. The van der Waals surface area contributed by atoms with Crippen molar-refractivity contribution in [2.24, 2.45) is 0 Å². The third-order valence-corrected chi connectivity index (χ3v) is 3.76. The summed E-state index contributed by atoms with van der Waals surface area (Å²) in [6.07, 6.45) is 3.26. The van der Waals surface area contributed by atoms with E-state index in [4.69, 9.17) is 11.6 Å². The highest BCUT2D eigenvalue weighted by molar-refractivity contribution is 6.30. The number of hydrogen-bond acceptors (Lipinski definition) is 2. The molecular formula is C17H20ClFN2. The van der Waals surface area contributed by atoms with E-state index in [-0.39, 0.29) is 11.9 Å². The van der Waals surface area contributed by atoms with E-state index in [0.29, 0.717) is 17.0 Å². The molecule has 0 aliphatic heterocycles. The lowest BCUT2D eigenvalue weighted by Gasteiger charge is -2.20. The second-order valence-corrected chi connectivity index (χ2v) is 5.39. The number of likely N-dealkylation sites (N-methyl/N-ethyl adjacent to an activating group) is 1. The molecule has 1 aromatic carbocycles. The molecule has 0 spiro atoms. The van der Waals surface area contributed by atoms with Crippen LogP contribution in [-0.2, 0) is 12.8 Å². The van der Waals surface area contributed by atoms with Crippen molar-refractivity contribution in [2.45, 2.75) is 32.7 Å². The van der Waals surface area contributed by atoms with Gasteiger partial charge in [0.15, 0.2) is 0 Å². The molecule has 0 saturated carbocycles. The van der Waals surface area contributed by atoms with Gasteiger partial charge >= 0.3 is 0 Å². The number of pyridine rings is 1. The predicted molar refractivity (Wildman–Crippen MR) is 85.1 cm³/mol. The first-order valence-corrected chi connectivity index (χ1v) is 7.64. The van der Waals surface area contributed by atoms with Gasteiger partial charge in [-0.1, -0.05) is 37.6 Å². The normalized spacial score (nSPS) is 12.4. The fraction of sp³-hybridized carbons (Fsp3) is 0.353. The summed E-state index contributed by atoms with van der Waals surface area (Å²) in [6.45, 7) is 4.95. The Morgan fingerprint density at radius 2 is 2.05 bits per heavy atom. The standard InChI is InChI=1S/C17H20ClFN2/c1-3-12-6-5-9-21-17(12)16(20-4-2)10-13-7-8-14(18)11-15(13)19/h5-9,11,16,20H,3-4,10H2,1-2H3. The second kappa shape index (κ2) is 7.53. The van der Waals surface area contributed by atoms with Crippen LogP contribution in [0.5, 0.6) is 0 Å². The molecule has 4 heteroatoms. The molecule has 0 saturated heterocycles. The average molecular weight is 307 g/mol. The summed E-state index contributed by atoms with van der Waals surface area (Å²) in [5, 5.41) is 3.82. The van der Waals surface area contributed by atoms with Crippen LogP contribution in [0, 0.1) is 5.82 Å². The molecule has 0 aliphatic rings. The second-order valence-electron chi connectivity index (χ2n) is 4.95. The number of nitrogens with one attached hydrogen (secondary N) is 1. The van der Waals surface area contributed by atoms with Crippen LogP contribution in [0.4, 0.5) is 4.39 Å². The van der Waals surface area contributed by atoms with Crippen LogP contribution in [-0.4, -0.2) is 11.5 Å². The van der Waals surface area contributed by atoms with Gasteiger partial charge in [0.1, 0.15) is 5.82 Å². The van der Waals surface area contributed by atoms with Crippen LogP contribution >= 0.6 is 11.6 Å². The van der Waals surface area contributed by atoms with Gasteiger partial charge in [0.25, 0.3) is 0 Å². The van der Waals surface area contributed by atoms with Gasteiger partial charge in [-0.05, 0) is 48.7 Å². The molecule has 1 N–H and O–H groups in total. The zero-order chi connectivity index (χ0) is 15.2. The summed E-state index contributed by atoms with van der Waals surface area (Å²) >= 11 is 5.81. The average Bonchev–Trinajstić information content (AvgIpc) is 2.49. The van der Waals surface area contributed by atoms with Crippen molar-refractivity contribution in [1.82, 2.24) is 10.3 Å².